The van der Waals surface area contributed by atoms with Crippen molar-refractivity contribution in [2.45, 2.75) is 31.0 Å². The molecule has 1 aromatic heterocycles. The van der Waals surface area contributed by atoms with E-state index in [1.807, 2.05) is 34.9 Å². The third-order valence-corrected chi connectivity index (χ3v) is 6.42. The summed E-state index contributed by atoms with van der Waals surface area (Å²) in [6.07, 6.45) is 3.59. The molecule has 11 nitrogen and oxygen atoms in total. The zero-order chi connectivity index (χ0) is 24.6. The lowest BCUT2D eigenvalue weighted by atomic mass is 10.1. The molecule has 35 heavy (non-hydrogen) atoms. The number of likely N-dealkylation sites (tertiary alicyclic amines) is 1. The van der Waals surface area contributed by atoms with Crippen LogP contribution < -0.4 is 10.9 Å². The number of nitro benzene ring substituents is 1. The number of carbonyl (C=O) groups excluding carboxylic acids is 2. The fraction of sp³-hybridized carbons (Fsp3) is 0.304. The van der Waals surface area contributed by atoms with Crippen molar-refractivity contribution in [1.82, 2.24) is 30.5 Å². The maximum absolute atomic E-state index is 12.4. The van der Waals surface area contributed by atoms with Crippen molar-refractivity contribution in [3.63, 3.8) is 0 Å². The first-order valence-electron chi connectivity index (χ1n) is 11.2. The lowest BCUT2D eigenvalue weighted by Crippen LogP contribution is -2.42. The van der Waals surface area contributed by atoms with Crippen LogP contribution in [0.5, 0.6) is 0 Å². The van der Waals surface area contributed by atoms with Gasteiger partial charge >= 0.3 is 0 Å². The number of thioether (sulfide) groups is 1. The summed E-state index contributed by atoms with van der Waals surface area (Å²) in [6.45, 7) is 2.72. The zero-order valence-corrected chi connectivity index (χ0v) is 19.7. The number of nitro groups is 1. The first-order chi connectivity index (χ1) is 17.0. The van der Waals surface area contributed by atoms with Crippen molar-refractivity contribution < 1.29 is 14.5 Å². The van der Waals surface area contributed by atoms with Gasteiger partial charge in [-0.2, -0.15) is 0 Å². The van der Waals surface area contributed by atoms with Crippen LogP contribution in [0.4, 0.5) is 5.69 Å². The summed E-state index contributed by atoms with van der Waals surface area (Å²) in [5.41, 5.74) is 5.39. The highest BCUT2D eigenvalue weighted by molar-refractivity contribution is 7.99. The molecule has 1 saturated heterocycles. The molecule has 0 bridgehead atoms. The summed E-state index contributed by atoms with van der Waals surface area (Å²) < 4.78 is 1.95. The fourth-order valence-corrected chi connectivity index (χ4v) is 4.55. The van der Waals surface area contributed by atoms with Gasteiger partial charge in [0, 0.05) is 23.4 Å². The molecule has 1 aliphatic rings. The largest absolute Gasteiger partial charge is 0.296 e. The first-order valence-corrected chi connectivity index (χ1v) is 12.2. The molecule has 0 saturated carbocycles. The van der Waals surface area contributed by atoms with Gasteiger partial charge in [0.15, 0.2) is 11.0 Å². The van der Waals surface area contributed by atoms with Gasteiger partial charge < -0.3 is 0 Å². The number of carbonyl (C=O) groups is 2. The van der Waals surface area contributed by atoms with Crippen molar-refractivity contribution >= 4 is 29.3 Å². The van der Waals surface area contributed by atoms with Crippen LogP contribution in [0.3, 0.4) is 0 Å². The predicted octanol–water partition coefficient (Wildman–Crippen LogP) is 2.71. The summed E-state index contributed by atoms with van der Waals surface area (Å²) in [4.78, 5) is 37.3. The minimum absolute atomic E-state index is 0.0100. The molecule has 1 fully saturated rings. The Balaban J connectivity index is 1.38. The Kier molecular flexibility index (Phi) is 8.06. The van der Waals surface area contributed by atoms with Crippen molar-refractivity contribution in [2.75, 3.05) is 18.8 Å². The van der Waals surface area contributed by atoms with Gasteiger partial charge in [-0.15, -0.1) is 10.2 Å². The van der Waals surface area contributed by atoms with Gasteiger partial charge in [0.1, 0.15) is 0 Å². The van der Waals surface area contributed by atoms with Crippen LogP contribution in [-0.4, -0.2) is 55.2 Å². The predicted molar refractivity (Wildman–Crippen MR) is 130 cm³/mol. The van der Waals surface area contributed by atoms with E-state index < -0.39 is 16.7 Å². The highest BCUT2D eigenvalue weighted by Gasteiger charge is 2.20. The van der Waals surface area contributed by atoms with Crippen molar-refractivity contribution in [3.05, 3.63) is 76.1 Å². The number of rotatable bonds is 8. The molecule has 2 amide bonds. The second-order valence-electron chi connectivity index (χ2n) is 8.00. The Morgan fingerprint density at radius 2 is 1.77 bits per heavy atom. The molecule has 2 heterocycles. The van der Waals surface area contributed by atoms with Crippen LogP contribution in [0.2, 0.25) is 0 Å². The van der Waals surface area contributed by atoms with Crippen molar-refractivity contribution in [2.24, 2.45) is 0 Å². The second-order valence-corrected chi connectivity index (χ2v) is 8.95. The number of hydrogen-bond acceptors (Lipinski definition) is 8. The number of aromatic nitrogens is 3. The SMILES string of the molecule is O=C(CSc1nnc(CN2CCCCC2)n1-c1ccccc1)NNC(=O)c1cccc([N+](=O)[O-])c1. The van der Waals surface area contributed by atoms with Crippen LogP contribution in [0.1, 0.15) is 35.4 Å². The fourth-order valence-electron chi connectivity index (χ4n) is 3.78. The standard InChI is InChI=1S/C23H25N7O4S/c31-21(25-26-22(32)17-8-7-11-19(14-17)30(33)34)16-35-23-27-24-20(15-28-12-5-2-6-13-28)29(23)18-9-3-1-4-10-18/h1,3-4,7-11,14H,2,5-6,12-13,15-16H2,(H,25,31)(H,26,32). The van der Waals surface area contributed by atoms with E-state index in [4.69, 9.17) is 0 Å². The molecule has 3 aromatic rings. The topological polar surface area (TPSA) is 135 Å². The quantitative estimate of drug-likeness (QED) is 0.277. The van der Waals surface area contributed by atoms with E-state index in [-0.39, 0.29) is 17.0 Å². The number of benzene rings is 2. The van der Waals surface area contributed by atoms with Gasteiger partial charge in [-0.1, -0.05) is 42.4 Å². The molecule has 0 aliphatic carbocycles. The molecule has 1 aliphatic heterocycles. The molecule has 2 N–H and O–H groups in total. The smallest absolute Gasteiger partial charge is 0.270 e. The Morgan fingerprint density at radius 1 is 1.00 bits per heavy atom. The monoisotopic (exact) mass is 495 g/mol. The van der Waals surface area contributed by atoms with Gasteiger partial charge in [-0.05, 0) is 44.1 Å². The number of hydrogen-bond donors (Lipinski definition) is 2. The van der Waals surface area contributed by atoms with Gasteiger partial charge in [-0.3, -0.25) is 40.0 Å². The van der Waals surface area contributed by atoms with Crippen LogP contribution in [0, 0.1) is 10.1 Å². The van der Waals surface area contributed by atoms with Gasteiger partial charge in [0.05, 0.1) is 17.2 Å². The molecule has 0 atom stereocenters. The van der Waals surface area contributed by atoms with E-state index in [9.17, 15) is 19.7 Å². The number of amides is 2. The lowest BCUT2D eigenvalue weighted by molar-refractivity contribution is -0.384. The van der Waals surface area contributed by atoms with Crippen LogP contribution in [-0.2, 0) is 11.3 Å². The lowest BCUT2D eigenvalue weighted by Gasteiger charge is -2.26. The number of hydrazine groups is 1. The van der Waals surface area contributed by atoms with Crippen molar-refractivity contribution in [1.29, 1.82) is 0 Å². The second kappa shape index (κ2) is 11.6. The maximum Gasteiger partial charge on any atom is 0.270 e. The molecular weight excluding hydrogens is 470 g/mol. The van der Waals surface area contributed by atoms with Gasteiger partial charge in [0.2, 0.25) is 5.91 Å². The number of nitrogens with one attached hydrogen (secondary N) is 2. The molecule has 4 rings (SSSR count). The number of non-ortho nitro benzene ring substituents is 1. The minimum atomic E-state index is -0.650. The van der Waals surface area contributed by atoms with E-state index in [1.54, 1.807) is 0 Å². The molecule has 0 unspecified atom stereocenters. The van der Waals surface area contributed by atoms with E-state index in [0.29, 0.717) is 11.7 Å². The van der Waals surface area contributed by atoms with E-state index in [2.05, 4.69) is 25.9 Å². The summed E-state index contributed by atoms with van der Waals surface area (Å²) in [5, 5.41) is 20.2. The Morgan fingerprint density at radius 3 is 2.51 bits per heavy atom. The van der Waals surface area contributed by atoms with E-state index in [1.165, 1.54) is 49.2 Å². The average Bonchev–Trinajstić information content (AvgIpc) is 3.29. The molecule has 0 spiro atoms. The van der Waals surface area contributed by atoms with Crippen LogP contribution >= 0.6 is 11.8 Å². The summed E-state index contributed by atoms with van der Waals surface area (Å²) in [5.74, 6) is -0.304. The molecule has 12 heteroatoms. The van der Waals surface area contributed by atoms with E-state index in [0.717, 1.165) is 30.7 Å². The number of para-hydroxylation sites is 1. The number of nitrogens with zero attached hydrogens (tertiary/aromatic N) is 5. The molecular formula is C23H25N7O4S. The summed E-state index contributed by atoms with van der Waals surface area (Å²) in [6, 6.07) is 15.0. The van der Waals surface area contributed by atoms with E-state index >= 15 is 0 Å². The Hall–Kier alpha value is -3.77. The summed E-state index contributed by atoms with van der Waals surface area (Å²) >= 11 is 1.20. The highest BCUT2D eigenvalue weighted by Crippen LogP contribution is 2.23. The maximum atomic E-state index is 12.4. The zero-order valence-electron chi connectivity index (χ0n) is 18.9. The molecule has 0 radical (unpaired) electrons. The molecule has 182 valence electrons. The third kappa shape index (κ3) is 6.43. The normalized spacial score (nSPS) is 13.8. The third-order valence-electron chi connectivity index (χ3n) is 5.50. The molecule has 2 aromatic carbocycles. The first kappa shape index (κ1) is 24.4. The van der Waals surface area contributed by atoms with Crippen LogP contribution in [0.15, 0.2) is 59.8 Å². The Bertz CT molecular complexity index is 1200. The van der Waals surface area contributed by atoms with Crippen molar-refractivity contribution in [3.8, 4) is 5.69 Å². The average molecular weight is 496 g/mol. The summed E-state index contributed by atoms with van der Waals surface area (Å²) in [7, 11) is 0. The van der Waals surface area contributed by atoms with Crippen LogP contribution in [0.25, 0.3) is 5.69 Å². The van der Waals surface area contributed by atoms with Gasteiger partial charge in [0.25, 0.3) is 11.6 Å². The number of piperidine rings is 1. The minimum Gasteiger partial charge on any atom is -0.296 e. The van der Waals surface area contributed by atoms with Gasteiger partial charge in [-0.25, -0.2) is 0 Å². The Labute approximate surface area is 206 Å². The highest BCUT2D eigenvalue weighted by atomic mass is 32.2.